The average Bonchev–Trinajstić information content (AvgIpc) is 2.10. The maximum absolute atomic E-state index is 10.5. The Kier molecular flexibility index (Phi) is 3.28. The van der Waals surface area contributed by atoms with Crippen molar-refractivity contribution in [1.82, 2.24) is 4.98 Å². The summed E-state index contributed by atoms with van der Waals surface area (Å²) in [5.74, 6) is 0.377. The summed E-state index contributed by atoms with van der Waals surface area (Å²) in [6.45, 7) is 2.32. The summed E-state index contributed by atoms with van der Waals surface area (Å²) in [5, 5.41) is 2.98. The van der Waals surface area contributed by atoms with Crippen LogP contribution in [-0.4, -0.2) is 17.4 Å². The van der Waals surface area contributed by atoms with Gasteiger partial charge in [-0.25, -0.2) is 4.98 Å². The van der Waals surface area contributed by atoms with E-state index in [0.717, 1.165) is 5.69 Å². The molecule has 0 aliphatic carbocycles. The molecule has 1 amide bonds. The number of amides is 1. The lowest BCUT2D eigenvalue weighted by Gasteiger charge is -2.05. The number of hydrogen-bond acceptors (Lipinski definition) is 4. The minimum Gasteiger partial charge on any atom is -0.397 e. The molecule has 0 radical (unpaired) electrons. The van der Waals surface area contributed by atoms with Crippen LogP contribution in [0.25, 0.3) is 0 Å². The molecular weight excluding hydrogens is 180 g/mol. The minimum atomic E-state index is -0.329. The van der Waals surface area contributed by atoms with E-state index in [-0.39, 0.29) is 5.91 Å². The monoisotopic (exact) mass is 194 g/mol. The minimum absolute atomic E-state index is 0.297. The summed E-state index contributed by atoms with van der Waals surface area (Å²) in [7, 11) is 0. The zero-order valence-corrected chi connectivity index (χ0v) is 8.08. The number of primary amides is 1. The molecule has 5 N–H and O–H groups in total. The molecule has 1 aromatic heterocycles. The molecule has 0 aromatic carbocycles. The lowest BCUT2D eigenvalue weighted by molar-refractivity contribution is -0.117. The molecule has 0 bridgehead atoms. The number of nitrogen functional groups attached to an aromatic ring is 1. The number of nitrogens with two attached hydrogens (primary N) is 2. The van der Waals surface area contributed by atoms with Crippen molar-refractivity contribution in [3.63, 3.8) is 0 Å². The predicted octanol–water partition coefficient (Wildman–Crippen LogP) is 0.260. The Morgan fingerprint density at radius 2 is 2.29 bits per heavy atom. The van der Waals surface area contributed by atoms with Gasteiger partial charge in [-0.3, -0.25) is 4.79 Å². The predicted molar refractivity (Wildman–Crippen MR) is 55.7 cm³/mol. The third-order valence-corrected chi connectivity index (χ3v) is 1.80. The number of carbonyl (C=O) groups excluding carboxylic acids is 1. The fourth-order valence-electron chi connectivity index (χ4n) is 0.984. The third-order valence-electron chi connectivity index (χ3n) is 1.80. The Morgan fingerprint density at radius 3 is 2.86 bits per heavy atom. The molecule has 0 spiro atoms. The highest BCUT2D eigenvalue weighted by molar-refractivity contribution is 5.74. The Bertz CT molecular complexity index is 338. The third kappa shape index (κ3) is 2.93. The first-order valence-electron chi connectivity index (χ1n) is 4.35. The van der Waals surface area contributed by atoms with Crippen molar-refractivity contribution < 1.29 is 4.79 Å². The zero-order valence-electron chi connectivity index (χ0n) is 8.08. The summed E-state index contributed by atoms with van der Waals surface area (Å²) in [5.41, 5.74) is 12.0. The highest BCUT2D eigenvalue weighted by Gasteiger charge is 1.98. The number of rotatable bonds is 4. The van der Waals surface area contributed by atoms with Crippen LogP contribution < -0.4 is 16.8 Å². The standard InChI is InChI=1S/C9H14N4O/c1-6-7(10)2-3-9(13-6)12-5-4-8(11)14/h2-3H,4-5,10H2,1H3,(H2,11,14)(H,12,13). The van der Waals surface area contributed by atoms with Crippen molar-refractivity contribution in [2.75, 3.05) is 17.6 Å². The lowest BCUT2D eigenvalue weighted by atomic mass is 10.3. The molecule has 0 unspecified atom stereocenters. The van der Waals surface area contributed by atoms with Crippen molar-refractivity contribution >= 4 is 17.4 Å². The Morgan fingerprint density at radius 1 is 1.57 bits per heavy atom. The molecule has 1 rings (SSSR count). The van der Waals surface area contributed by atoms with Gasteiger partial charge in [0.25, 0.3) is 0 Å². The molecule has 76 valence electrons. The lowest BCUT2D eigenvalue weighted by Crippen LogP contribution is -2.16. The van der Waals surface area contributed by atoms with Gasteiger partial charge in [0.05, 0.1) is 11.4 Å². The van der Waals surface area contributed by atoms with Crippen molar-refractivity contribution in [3.8, 4) is 0 Å². The fraction of sp³-hybridized carbons (Fsp3) is 0.333. The van der Waals surface area contributed by atoms with Crippen LogP contribution in [0.1, 0.15) is 12.1 Å². The number of nitrogens with zero attached hydrogens (tertiary/aromatic N) is 1. The SMILES string of the molecule is Cc1nc(NCCC(N)=O)ccc1N. The largest absolute Gasteiger partial charge is 0.397 e. The Labute approximate surface area is 82.5 Å². The van der Waals surface area contributed by atoms with Gasteiger partial charge in [-0.2, -0.15) is 0 Å². The number of aromatic nitrogens is 1. The molecule has 0 saturated heterocycles. The van der Waals surface area contributed by atoms with Crippen LogP contribution in [0, 0.1) is 6.92 Å². The van der Waals surface area contributed by atoms with E-state index in [4.69, 9.17) is 11.5 Å². The molecule has 5 heteroatoms. The van der Waals surface area contributed by atoms with E-state index in [0.29, 0.717) is 24.5 Å². The van der Waals surface area contributed by atoms with Crippen molar-refractivity contribution in [2.45, 2.75) is 13.3 Å². The van der Waals surface area contributed by atoms with Gasteiger partial charge >= 0.3 is 0 Å². The topological polar surface area (TPSA) is 94.0 Å². The summed E-state index contributed by atoms with van der Waals surface area (Å²) >= 11 is 0. The first-order valence-corrected chi connectivity index (χ1v) is 4.35. The van der Waals surface area contributed by atoms with E-state index in [1.807, 2.05) is 6.92 Å². The van der Waals surface area contributed by atoms with Crippen LogP contribution >= 0.6 is 0 Å². The molecule has 0 fully saturated rings. The molecular formula is C9H14N4O. The number of aryl methyl sites for hydroxylation is 1. The van der Waals surface area contributed by atoms with E-state index >= 15 is 0 Å². The Balaban J connectivity index is 2.51. The average molecular weight is 194 g/mol. The second kappa shape index (κ2) is 4.45. The van der Waals surface area contributed by atoms with E-state index < -0.39 is 0 Å². The number of carbonyl (C=O) groups is 1. The van der Waals surface area contributed by atoms with Gasteiger partial charge in [0.2, 0.25) is 5.91 Å². The summed E-state index contributed by atoms with van der Waals surface area (Å²) in [6.07, 6.45) is 0.297. The van der Waals surface area contributed by atoms with Gasteiger partial charge in [0.15, 0.2) is 0 Å². The quantitative estimate of drug-likeness (QED) is 0.640. The van der Waals surface area contributed by atoms with E-state index in [1.54, 1.807) is 12.1 Å². The highest BCUT2D eigenvalue weighted by atomic mass is 16.1. The first-order chi connectivity index (χ1) is 6.59. The van der Waals surface area contributed by atoms with E-state index in [9.17, 15) is 4.79 Å². The van der Waals surface area contributed by atoms with Gasteiger partial charge in [-0.15, -0.1) is 0 Å². The van der Waals surface area contributed by atoms with Crippen LogP contribution in [0.3, 0.4) is 0 Å². The van der Waals surface area contributed by atoms with Crippen molar-refractivity contribution in [1.29, 1.82) is 0 Å². The fourth-order valence-corrected chi connectivity index (χ4v) is 0.984. The summed E-state index contributed by atoms with van der Waals surface area (Å²) in [6, 6.07) is 3.54. The smallest absolute Gasteiger partial charge is 0.219 e. The molecule has 14 heavy (non-hydrogen) atoms. The molecule has 0 atom stereocenters. The van der Waals surface area contributed by atoms with E-state index in [2.05, 4.69) is 10.3 Å². The van der Waals surface area contributed by atoms with Crippen LogP contribution in [0.4, 0.5) is 11.5 Å². The van der Waals surface area contributed by atoms with Gasteiger partial charge < -0.3 is 16.8 Å². The summed E-state index contributed by atoms with van der Waals surface area (Å²) < 4.78 is 0. The van der Waals surface area contributed by atoms with Crippen LogP contribution in [0.2, 0.25) is 0 Å². The van der Waals surface area contributed by atoms with Gasteiger partial charge in [-0.05, 0) is 19.1 Å². The number of nitrogens with one attached hydrogen (secondary N) is 1. The normalized spacial score (nSPS) is 9.79. The van der Waals surface area contributed by atoms with Gasteiger partial charge in [0.1, 0.15) is 5.82 Å². The molecule has 5 nitrogen and oxygen atoms in total. The van der Waals surface area contributed by atoms with Crippen LogP contribution in [-0.2, 0) is 4.79 Å². The first kappa shape index (κ1) is 10.3. The molecule has 1 heterocycles. The maximum Gasteiger partial charge on any atom is 0.219 e. The number of pyridine rings is 1. The molecule has 1 aromatic rings. The number of anilines is 2. The van der Waals surface area contributed by atoms with Gasteiger partial charge in [0, 0.05) is 13.0 Å². The van der Waals surface area contributed by atoms with Crippen LogP contribution in [0.15, 0.2) is 12.1 Å². The second-order valence-corrected chi connectivity index (χ2v) is 3.01. The number of hydrogen-bond donors (Lipinski definition) is 3. The van der Waals surface area contributed by atoms with Crippen LogP contribution in [0.5, 0.6) is 0 Å². The van der Waals surface area contributed by atoms with Gasteiger partial charge in [-0.1, -0.05) is 0 Å². The Hall–Kier alpha value is -1.78. The second-order valence-electron chi connectivity index (χ2n) is 3.01. The highest BCUT2D eigenvalue weighted by Crippen LogP contribution is 2.11. The molecule has 0 saturated carbocycles. The maximum atomic E-state index is 10.5. The zero-order chi connectivity index (χ0) is 10.6. The van der Waals surface area contributed by atoms with Crippen molar-refractivity contribution in [2.24, 2.45) is 5.73 Å². The van der Waals surface area contributed by atoms with Crippen molar-refractivity contribution in [3.05, 3.63) is 17.8 Å². The molecule has 0 aliphatic heterocycles. The molecule has 0 aliphatic rings. The van der Waals surface area contributed by atoms with E-state index in [1.165, 1.54) is 0 Å². The summed E-state index contributed by atoms with van der Waals surface area (Å²) in [4.78, 5) is 14.6.